The molecule has 4 nitrogen and oxygen atoms in total. The predicted molar refractivity (Wildman–Crippen MR) is 84.2 cm³/mol. The van der Waals surface area contributed by atoms with E-state index in [1.165, 1.54) is 12.3 Å². The number of rotatable bonds is 4. The first-order chi connectivity index (χ1) is 11.3. The second-order valence-corrected chi connectivity index (χ2v) is 5.87. The van der Waals surface area contributed by atoms with E-state index in [0.29, 0.717) is 0 Å². The summed E-state index contributed by atoms with van der Waals surface area (Å²) in [6.07, 6.45) is 0.780. The number of benzene rings is 1. The van der Waals surface area contributed by atoms with Gasteiger partial charge in [0.15, 0.2) is 0 Å². The first-order valence-electron chi connectivity index (χ1n) is 7.35. The number of anilines is 1. The van der Waals surface area contributed by atoms with Crippen molar-refractivity contribution in [1.82, 2.24) is 5.32 Å². The van der Waals surface area contributed by atoms with Gasteiger partial charge in [0.1, 0.15) is 11.6 Å². The lowest BCUT2D eigenvalue weighted by molar-refractivity contribution is -0.137. The maximum Gasteiger partial charge on any atom is 0.417 e. The van der Waals surface area contributed by atoms with Gasteiger partial charge in [-0.3, -0.25) is 4.79 Å². The van der Waals surface area contributed by atoms with Crippen molar-refractivity contribution in [2.24, 2.45) is 0 Å². The zero-order valence-electron chi connectivity index (χ0n) is 12.6. The maximum atomic E-state index is 12.8. The molecule has 0 heterocycles. The second kappa shape index (κ2) is 7.58. The van der Waals surface area contributed by atoms with Crippen molar-refractivity contribution in [3.05, 3.63) is 40.6 Å². The van der Waals surface area contributed by atoms with Crippen LogP contribution in [0, 0.1) is 11.3 Å². The van der Waals surface area contributed by atoms with Gasteiger partial charge in [-0.15, -0.1) is 0 Å². The molecule has 2 rings (SSSR count). The van der Waals surface area contributed by atoms with E-state index in [0.717, 1.165) is 37.8 Å². The summed E-state index contributed by atoms with van der Waals surface area (Å²) in [5.41, 5.74) is -1.34. The van der Waals surface area contributed by atoms with E-state index in [9.17, 15) is 18.0 Å². The zero-order valence-corrected chi connectivity index (χ0v) is 13.3. The average Bonchev–Trinajstić information content (AvgIpc) is 3.02. The van der Waals surface area contributed by atoms with Gasteiger partial charge >= 0.3 is 6.18 Å². The fourth-order valence-corrected chi connectivity index (χ4v) is 2.69. The molecule has 1 fully saturated rings. The van der Waals surface area contributed by atoms with E-state index < -0.39 is 22.7 Å². The molecule has 0 aliphatic heterocycles. The SMILES string of the molecule is N#C/C(=C/NC1CCCC1)C(=O)Nc1ccc(Cl)c(C(F)(F)F)c1. The summed E-state index contributed by atoms with van der Waals surface area (Å²) in [7, 11) is 0. The fourth-order valence-electron chi connectivity index (χ4n) is 2.46. The minimum Gasteiger partial charge on any atom is -0.387 e. The molecule has 0 radical (unpaired) electrons. The Bertz CT molecular complexity index is 689. The van der Waals surface area contributed by atoms with Gasteiger partial charge in [-0.05, 0) is 31.0 Å². The highest BCUT2D eigenvalue weighted by Gasteiger charge is 2.33. The molecule has 128 valence electrons. The summed E-state index contributed by atoms with van der Waals surface area (Å²) >= 11 is 5.52. The van der Waals surface area contributed by atoms with Crippen LogP contribution in [0.1, 0.15) is 31.2 Å². The molecule has 0 bridgehead atoms. The number of nitrogens with zero attached hydrogens (tertiary/aromatic N) is 1. The van der Waals surface area contributed by atoms with Gasteiger partial charge in [0.2, 0.25) is 0 Å². The van der Waals surface area contributed by atoms with Crippen LogP contribution in [-0.4, -0.2) is 11.9 Å². The molecule has 0 saturated heterocycles. The van der Waals surface area contributed by atoms with Gasteiger partial charge in [-0.1, -0.05) is 24.4 Å². The highest BCUT2D eigenvalue weighted by molar-refractivity contribution is 6.31. The predicted octanol–water partition coefficient (Wildman–Crippen LogP) is 4.24. The summed E-state index contributed by atoms with van der Waals surface area (Å²) in [5.74, 6) is -0.779. The first-order valence-corrected chi connectivity index (χ1v) is 7.73. The molecule has 0 unspecified atom stereocenters. The van der Waals surface area contributed by atoms with Crippen molar-refractivity contribution < 1.29 is 18.0 Å². The lowest BCUT2D eigenvalue weighted by Crippen LogP contribution is -2.23. The molecule has 2 N–H and O–H groups in total. The van der Waals surface area contributed by atoms with Crippen LogP contribution < -0.4 is 10.6 Å². The van der Waals surface area contributed by atoms with Gasteiger partial charge in [0, 0.05) is 17.9 Å². The van der Waals surface area contributed by atoms with Crippen LogP contribution in [0.15, 0.2) is 30.0 Å². The summed E-state index contributed by atoms with van der Waals surface area (Å²) in [5, 5.41) is 13.9. The summed E-state index contributed by atoms with van der Waals surface area (Å²) in [4.78, 5) is 12.0. The van der Waals surface area contributed by atoms with Crippen molar-refractivity contribution in [3.63, 3.8) is 0 Å². The third-order valence-electron chi connectivity index (χ3n) is 3.71. The number of carbonyl (C=O) groups is 1. The Labute approximate surface area is 142 Å². The van der Waals surface area contributed by atoms with E-state index in [2.05, 4.69) is 10.6 Å². The summed E-state index contributed by atoms with van der Waals surface area (Å²) in [6, 6.07) is 4.99. The molecular formula is C16H15ClF3N3O. The van der Waals surface area contributed by atoms with E-state index in [-0.39, 0.29) is 17.3 Å². The Morgan fingerprint density at radius 2 is 2.00 bits per heavy atom. The monoisotopic (exact) mass is 357 g/mol. The molecule has 0 aromatic heterocycles. The Morgan fingerprint density at radius 3 is 2.58 bits per heavy atom. The molecule has 0 atom stereocenters. The van der Waals surface area contributed by atoms with Crippen LogP contribution in [0.4, 0.5) is 18.9 Å². The Morgan fingerprint density at radius 1 is 1.33 bits per heavy atom. The van der Waals surface area contributed by atoms with Crippen molar-refractivity contribution in [2.45, 2.75) is 37.9 Å². The van der Waals surface area contributed by atoms with Gasteiger partial charge in [-0.25, -0.2) is 0 Å². The van der Waals surface area contributed by atoms with Crippen molar-refractivity contribution in [2.75, 3.05) is 5.32 Å². The van der Waals surface area contributed by atoms with Crippen LogP contribution in [-0.2, 0) is 11.0 Å². The lowest BCUT2D eigenvalue weighted by Gasteiger charge is -2.12. The number of nitriles is 1. The molecule has 8 heteroatoms. The summed E-state index contributed by atoms with van der Waals surface area (Å²) < 4.78 is 38.4. The third-order valence-corrected chi connectivity index (χ3v) is 4.04. The molecule has 1 aromatic carbocycles. The van der Waals surface area contributed by atoms with Gasteiger partial charge < -0.3 is 10.6 Å². The fraction of sp³-hybridized carbons (Fsp3) is 0.375. The Hall–Kier alpha value is -2.20. The van der Waals surface area contributed by atoms with Gasteiger partial charge in [0.05, 0.1) is 10.6 Å². The highest BCUT2D eigenvalue weighted by atomic mass is 35.5. The van der Waals surface area contributed by atoms with Crippen LogP contribution >= 0.6 is 11.6 Å². The van der Waals surface area contributed by atoms with E-state index >= 15 is 0 Å². The minimum atomic E-state index is -4.63. The number of amides is 1. The Kier molecular flexibility index (Phi) is 5.73. The van der Waals surface area contributed by atoms with Crippen LogP contribution in [0.2, 0.25) is 5.02 Å². The largest absolute Gasteiger partial charge is 0.417 e. The highest BCUT2D eigenvalue weighted by Crippen LogP contribution is 2.36. The molecule has 24 heavy (non-hydrogen) atoms. The zero-order chi connectivity index (χ0) is 17.7. The van der Waals surface area contributed by atoms with Crippen molar-refractivity contribution in [1.29, 1.82) is 5.26 Å². The quantitative estimate of drug-likeness (QED) is 0.626. The van der Waals surface area contributed by atoms with Gasteiger partial charge in [-0.2, -0.15) is 18.4 Å². The number of carbonyl (C=O) groups excluding carboxylic acids is 1. The number of hydrogen-bond donors (Lipinski definition) is 2. The molecule has 1 aliphatic rings. The molecular weight excluding hydrogens is 343 g/mol. The number of halogens is 4. The van der Waals surface area contributed by atoms with Crippen molar-refractivity contribution >= 4 is 23.2 Å². The molecule has 0 spiro atoms. The number of alkyl halides is 3. The summed E-state index contributed by atoms with van der Waals surface area (Å²) in [6.45, 7) is 0. The molecule has 1 saturated carbocycles. The van der Waals surface area contributed by atoms with E-state index in [1.807, 2.05) is 0 Å². The minimum absolute atomic E-state index is 0.0845. The smallest absolute Gasteiger partial charge is 0.387 e. The van der Waals surface area contributed by atoms with E-state index in [1.54, 1.807) is 6.07 Å². The lowest BCUT2D eigenvalue weighted by atomic mass is 10.2. The number of nitrogens with one attached hydrogen (secondary N) is 2. The number of hydrogen-bond acceptors (Lipinski definition) is 3. The topological polar surface area (TPSA) is 64.9 Å². The van der Waals surface area contributed by atoms with Crippen molar-refractivity contribution in [3.8, 4) is 6.07 Å². The average molecular weight is 358 g/mol. The first kappa shape index (κ1) is 18.1. The standard InChI is InChI=1S/C16H15ClF3N3O/c17-14-6-5-12(7-13(14)16(18,19)20)23-15(24)10(8-21)9-22-11-3-1-2-4-11/h5-7,9,11,22H,1-4H2,(H,23,24)/b10-9-. The van der Waals surface area contributed by atoms with Gasteiger partial charge in [0.25, 0.3) is 5.91 Å². The van der Waals surface area contributed by atoms with Crippen LogP contribution in [0.5, 0.6) is 0 Å². The second-order valence-electron chi connectivity index (χ2n) is 5.46. The normalized spacial score (nSPS) is 15.9. The third kappa shape index (κ3) is 4.65. The van der Waals surface area contributed by atoms with Crippen LogP contribution in [0.25, 0.3) is 0 Å². The van der Waals surface area contributed by atoms with E-state index in [4.69, 9.17) is 16.9 Å². The maximum absolute atomic E-state index is 12.8. The molecule has 1 aliphatic carbocycles. The molecule has 1 amide bonds. The molecule has 1 aromatic rings. The van der Waals surface area contributed by atoms with Crippen LogP contribution in [0.3, 0.4) is 0 Å². The Balaban J connectivity index is 2.10.